The van der Waals surface area contributed by atoms with E-state index in [1.807, 2.05) is 22.7 Å². The normalized spacial score (nSPS) is 11.8. The van der Waals surface area contributed by atoms with Crippen LogP contribution in [0.25, 0.3) is 60.5 Å². The van der Waals surface area contributed by atoms with E-state index in [2.05, 4.69) is 186 Å². The van der Waals surface area contributed by atoms with Gasteiger partial charge in [-0.25, -0.2) is 0 Å². The van der Waals surface area contributed by atoms with Crippen LogP contribution < -0.4 is 9.80 Å². The fraction of sp³-hybridized carbons (Fsp3) is 0. The van der Waals surface area contributed by atoms with Crippen molar-refractivity contribution in [2.45, 2.75) is 0 Å². The Kier molecular flexibility index (Phi) is 7.49. The Balaban J connectivity index is 1.04. The predicted molar refractivity (Wildman–Crippen MR) is 239 cm³/mol. The SMILES string of the molecule is Clc1cc(N(c2ccccc2)c2ccc3c(c2)sc2ccc(N(c4ccccc4)c4ccc5c(c4)sc4ccccc45)cc23)cc2sc3ccccc3c12. The summed E-state index contributed by atoms with van der Waals surface area (Å²) in [7, 11) is 0. The topological polar surface area (TPSA) is 6.48 Å². The van der Waals surface area contributed by atoms with Crippen molar-refractivity contribution < 1.29 is 0 Å². The molecule has 3 heterocycles. The second kappa shape index (κ2) is 12.7. The first-order valence-corrected chi connectivity index (χ1v) is 20.7. The van der Waals surface area contributed by atoms with Crippen LogP contribution in [0, 0.1) is 0 Å². The molecule has 256 valence electrons. The minimum atomic E-state index is 0.769. The van der Waals surface area contributed by atoms with Crippen LogP contribution >= 0.6 is 45.6 Å². The van der Waals surface area contributed by atoms with E-state index in [1.165, 1.54) is 55.1 Å². The van der Waals surface area contributed by atoms with E-state index in [-0.39, 0.29) is 0 Å². The Morgan fingerprint density at radius 2 is 0.741 bits per heavy atom. The molecule has 0 unspecified atom stereocenters. The summed E-state index contributed by atoms with van der Waals surface area (Å²) in [6, 6.07) is 63.6. The summed E-state index contributed by atoms with van der Waals surface area (Å²) >= 11 is 12.6. The van der Waals surface area contributed by atoms with Crippen molar-refractivity contribution >= 4 is 140 Å². The summed E-state index contributed by atoms with van der Waals surface area (Å²) in [5, 5.41) is 8.22. The molecule has 0 saturated heterocycles. The number of benzene rings is 8. The second-order valence-electron chi connectivity index (χ2n) is 13.5. The van der Waals surface area contributed by atoms with Gasteiger partial charge in [0.2, 0.25) is 0 Å². The van der Waals surface area contributed by atoms with E-state index in [1.54, 1.807) is 11.3 Å². The zero-order chi connectivity index (χ0) is 35.8. The lowest BCUT2D eigenvalue weighted by atomic mass is 10.1. The van der Waals surface area contributed by atoms with Gasteiger partial charge in [-0.2, -0.15) is 0 Å². The van der Waals surface area contributed by atoms with Crippen molar-refractivity contribution in [3.05, 3.63) is 181 Å². The number of para-hydroxylation sites is 2. The molecule has 0 atom stereocenters. The van der Waals surface area contributed by atoms with E-state index in [9.17, 15) is 0 Å². The smallest absolute Gasteiger partial charge is 0.0519 e. The van der Waals surface area contributed by atoms with Gasteiger partial charge in [-0.05, 0) is 91.0 Å². The van der Waals surface area contributed by atoms with Gasteiger partial charge in [0.15, 0.2) is 0 Å². The number of rotatable bonds is 6. The largest absolute Gasteiger partial charge is 0.310 e. The number of anilines is 6. The zero-order valence-corrected chi connectivity index (χ0v) is 31.9. The average Bonchev–Trinajstić information content (AvgIpc) is 3.89. The van der Waals surface area contributed by atoms with Gasteiger partial charge in [0.1, 0.15) is 0 Å². The van der Waals surface area contributed by atoms with Gasteiger partial charge in [-0.3, -0.25) is 0 Å². The third kappa shape index (κ3) is 5.19. The quantitative estimate of drug-likeness (QED) is 0.166. The molecule has 0 aliphatic carbocycles. The Morgan fingerprint density at radius 1 is 0.296 bits per heavy atom. The fourth-order valence-corrected chi connectivity index (χ4v) is 11.6. The van der Waals surface area contributed by atoms with E-state index in [4.69, 9.17) is 11.6 Å². The Bertz CT molecular complexity index is 3200. The van der Waals surface area contributed by atoms with Crippen LogP contribution in [0.3, 0.4) is 0 Å². The van der Waals surface area contributed by atoms with Gasteiger partial charge < -0.3 is 9.80 Å². The maximum Gasteiger partial charge on any atom is 0.0519 e. The van der Waals surface area contributed by atoms with Crippen LogP contribution in [0.1, 0.15) is 0 Å². The molecule has 0 spiro atoms. The number of hydrogen-bond acceptors (Lipinski definition) is 5. The first-order valence-electron chi connectivity index (χ1n) is 17.9. The molecule has 11 rings (SSSR count). The minimum absolute atomic E-state index is 0.769. The third-order valence-corrected chi connectivity index (χ3v) is 14.0. The van der Waals surface area contributed by atoms with Gasteiger partial charge in [-0.15, -0.1) is 34.0 Å². The summed E-state index contributed by atoms with van der Waals surface area (Å²) in [5.74, 6) is 0. The first-order chi connectivity index (χ1) is 26.7. The van der Waals surface area contributed by atoms with Gasteiger partial charge in [0.05, 0.1) is 5.02 Å². The molecule has 2 nitrogen and oxygen atoms in total. The van der Waals surface area contributed by atoms with Crippen molar-refractivity contribution in [3.8, 4) is 0 Å². The number of fused-ring (bicyclic) bond motifs is 9. The minimum Gasteiger partial charge on any atom is -0.310 e. The van der Waals surface area contributed by atoms with Crippen LogP contribution in [0.5, 0.6) is 0 Å². The summed E-state index contributed by atoms with van der Waals surface area (Å²) in [6.45, 7) is 0. The molecular weight excluding hydrogens is 736 g/mol. The van der Waals surface area contributed by atoms with Crippen molar-refractivity contribution in [1.29, 1.82) is 0 Å². The Morgan fingerprint density at radius 3 is 1.41 bits per heavy atom. The lowest BCUT2D eigenvalue weighted by Gasteiger charge is -2.26. The van der Waals surface area contributed by atoms with Gasteiger partial charge in [0.25, 0.3) is 0 Å². The van der Waals surface area contributed by atoms with Gasteiger partial charge in [-0.1, -0.05) is 96.5 Å². The molecular formula is C48H29ClN2S3. The van der Waals surface area contributed by atoms with Crippen LogP contribution in [-0.2, 0) is 0 Å². The molecule has 6 heteroatoms. The maximum absolute atomic E-state index is 7.10. The highest BCUT2D eigenvalue weighted by Crippen LogP contribution is 2.47. The maximum atomic E-state index is 7.10. The molecule has 0 bridgehead atoms. The van der Waals surface area contributed by atoms with E-state index >= 15 is 0 Å². The van der Waals surface area contributed by atoms with Crippen LogP contribution in [0.2, 0.25) is 5.02 Å². The summed E-state index contributed by atoms with van der Waals surface area (Å²) in [6.07, 6.45) is 0. The zero-order valence-electron chi connectivity index (χ0n) is 28.7. The summed E-state index contributed by atoms with van der Waals surface area (Å²) in [5.41, 5.74) is 6.64. The van der Waals surface area contributed by atoms with Gasteiger partial charge in [0, 0.05) is 94.6 Å². The molecule has 0 amide bonds. The Hall–Kier alpha value is -5.69. The summed E-state index contributed by atoms with van der Waals surface area (Å²) in [4.78, 5) is 4.71. The lowest BCUT2D eigenvalue weighted by Crippen LogP contribution is -2.09. The highest BCUT2D eigenvalue weighted by molar-refractivity contribution is 7.26. The van der Waals surface area contributed by atoms with E-state index in [0.29, 0.717) is 0 Å². The van der Waals surface area contributed by atoms with Crippen molar-refractivity contribution in [2.75, 3.05) is 9.80 Å². The van der Waals surface area contributed by atoms with Crippen LogP contribution in [0.15, 0.2) is 176 Å². The first kappa shape index (κ1) is 31.8. The fourth-order valence-electron chi connectivity index (χ4n) is 7.85. The Labute approximate surface area is 328 Å². The molecule has 0 aliphatic heterocycles. The molecule has 0 aliphatic rings. The molecule has 3 aromatic heterocycles. The monoisotopic (exact) mass is 764 g/mol. The third-order valence-electron chi connectivity index (χ3n) is 10.3. The molecule has 0 saturated carbocycles. The second-order valence-corrected chi connectivity index (χ2v) is 17.1. The summed E-state index contributed by atoms with van der Waals surface area (Å²) < 4.78 is 7.54. The highest BCUT2D eigenvalue weighted by atomic mass is 35.5. The molecule has 0 N–H and O–H groups in total. The highest BCUT2D eigenvalue weighted by Gasteiger charge is 2.20. The van der Waals surface area contributed by atoms with Crippen LogP contribution in [-0.4, -0.2) is 0 Å². The van der Waals surface area contributed by atoms with E-state index < -0.39 is 0 Å². The number of nitrogens with zero attached hydrogens (tertiary/aromatic N) is 2. The lowest BCUT2D eigenvalue weighted by molar-refractivity contribution is 1.30. The molecule has 8 aromatic carbocycles. The van der Waals surface area contributed by atoms with Crippen molar-refractivity contribution in [2.24, 2.45) is 0 Å². The average molecular weight is 765 g/mol. The van der Waals surface area contributed by atoms with Crippen molar-refractivity contribution in [1.82, 2.24) is 0 Å². The van der Waals surface area contributed by atoms with Crippen LogP contribution in [0.4, 0.5) is 34.1 Å². The molecule has 0 radical (unpaired) electrons. The molecule has 0 fully saturated rings. The number of halogens is 1. The standard InChI is InChI=1S/C48H29ClN2S3/c49-41-26-35(29-47-48(41)39-16-8-10-18-43(39)54-47)51(31-13-5-2-6-14-31)34-20-23-38-40-25-32(21-24-44(40)53-46(38)28-34)50(30-11-3-1-4-12-30)33-19-22-37-36-15-7-9-17-42(36)52-45(37)27-33/h1-29H. The number of thiophene rings is 3. The molecule has 11 aromatic rings. The molecule has 54 heavy (non-hydrogen) atoms. The van der Waals surface area contributed by atoms with E-state index in [0.717, 1.165) is 44.5 Å². The number of hydrogen-bond donors (Lipinski definition) is 0. The predicted octanol–water partition coefficient (Wildman–Crippen LogP) is 16.4. The van der Waals surface area contributed by atoms with Gasteiger partial charge >= 0.3 is 0 Å². The van der Waals surface area contributed by atoms with Crippen molar-refractivity contribution in [3.63, 3.8) is 0 Å².